The van der Waals surface area contributed by atoms with E-state index in [0.29, 0.717) is 0 Å². The number of carbonyl (C=O) groups excluding carboxylic acids is 1. The number of nitrogens with zero attached hydrogens (tertiary/aromatic N) is 2. The van der Waals surface area contributed by atoms with Gasteiger partial charge in [-0.25, -0.2) is 0 Å². The summed E-state index contributed by atoms with van der Waals surface area (Å²) < 4.78 is 0. The van der Waals surface area contributed by atoms with Crippen LogP contribution in [0.15, 0.2) is 48.5 Å². The van der Waals surface area contributed by atoms with Crippen LogP contribution in [0.4, 0.5) is 5.69 Å². The molecule has 2 aromatic rings. The van der Waals surface area contributed by atoms with Crippen molar-refractivity contribution in [3.63, 3.8) is 0 Å². The molecule has 1 saturated heterocycles. The minimum absolute atomic E-state index is 0.0929. The van der Waals surface area contributed by atoms with Crippen molar-refractivity contribution in [1.29, 1.82) is 0 Å². The Labute approximate surface area is 138 Å². The number of amides is 1. The fourth-order valence-corrected chi connectivity index (χ4v) is 3.30. The highest BCUT2D eigenvalue weighted by Gasteiger charge is 2.32. The first-order valence-corrected chi connectivity index (χ1v) is 8.23. The maximum atomic E-state index is 12.8. The third kappa shape index (κ3) is 3.30. The zero-order valence-electron chi connectivity index (χ0n) is 14.1. The van der Waals surface area contributed by atoms with Gasteiger partial charge in [0, 0.05) is 25.3 Å². The lowest BCUT2D eigenvalue weighted by Crippen LogP contribution is -2.55. The monoisotopic (exact) mass is 308 g/mol. The molecule has 3 rings (SSSR count). The molecule has 120 valence electrons. The molecule has 0 radical (unpaired) electrons. The first-order chi connectivity index (χ1) is 11.1. The van der Waals surface area contributed by atoms with Crippen molar-refractivity contribution >= 4 is 11.6 Å². The Morgan fingerprint density at radius 2 is 1.78 bits per heavy atom. The maximum Gasteiger partial charge on any atom is 0.244 e. The summed E-state index contributed by atoms with van der Waals surface area (Å²) in [5, 5.41) is 0. The van der Waals surface area contributed by atoms with Gasteiger partial charge in [0.25, 0.3) is 0 Å². The number of hydrogen-bond donors (Lipinski definition) is 0. The smallest absolute Gasteiger partial charge is 0.244 e. The van der Waals surface area contributed by atoms with E-state index in [9.17, 15) is 4.79 Å². The van der Waals surface area contributed by atoms with E-state index in [0.717, 1.165) is 25.3 Å². The lowest BCUT2D eigenvalue weighted by Gasteiger charge is -2.39. The van der Waals surface area contributed by atoms with Crippen LogP contribution < -0.4 is 4.90 Å². The van der Waals surface area contributed by atoms with Crippen LogP contribution in [-0.4, -0.2) is 29.9 Å². The Bertz CT molecular complexity index is 696. The predicted octanol–water partition coefficient (Wildman–Crippen LogP) is 3.54. The normalized spacial score (nSPS) is 19.2. The number of carbonyl (C=O) groups is 1. The van der Waals surface area contributed by atoms with Crippen LogP contribution in [0.2, 0.25) is 0 Å². The molecule has 0 aromatic heterocycles. The van der Waals surface area contributed by atoms with E-state index in [1.165, 1.54) is 16.7 Å². The average Bonchev–Trinajstić information content (AvgIpc) is 2.54. The number of hydrogen-bond acceptors (Lipinski definition) is 2. The van der Waals surface area contributed by atoms with E-state index in [1.54, 1.807) is 0 Å². The van der Waals surface area contributed by atoms with Gasteiger partial charge in [-0.2, -0.15) is 0 Å². The molecule has 1 amide bonds. The molecule has 3 nitrogen and oxygen atoms in total. The van der Waals surface area contributed by atoms with Crippen LogP contribution in [0.5, 0.6) is 0 Å². The molecule has 1 unspecified atom stereocenters. The minimum atomic E-state index is -0.0929. The second-order valence-corrected chi connectivity index (χ2v) is 6.41. The van der Waals surface area contributed by atoms with Gasteiger partial charge < -0.3 is 4.90 Å². The van der Waals surface area contributed by atoms with Crippen molar-refractivity contribution in [2.75, 3.05) is 18.0 Å². The van der Waals surface area contributed by atoms with Gasteiger partial charge in [-0.05, 0) is 38.0 Å². The predicted molar refractivity (Wildman–Crippen MR) is 94.6 cm³/mol. The molecular weight excluding hydrogens is 284 g/mol. The van der Waals surface area contributed by atoms with Gasteiger partial charge in [-0.3, -0.25) is 9.69 Å². The Hall–Kier alpha value is -2.13. The highest BCUT2D eigenvalue weighted by molar-refractivity contribution is 5.98. The Kier molecular flexibility index (Phi) is 4.49. The Balaban J connectivity index is 1.76. The van der Waals surface area contributed by atoms with Crippen molar-refractivity contribution in [3.05, 3.63) is 65.2 Å². The summed E-state index contributed by atoms with van der Waals surface area (Å²) >= 11 is 0. The van der Waals surface area contributed by atoms with Gasteiger partial charge in [0.2, 0.25) is 5.91 Å². The highest BCUT2D eigenvalue weighted by atomic mass is 16.2. The van der Waals surface area contributed by atoms with Gasteiger partial charge in [-0.1, -0.05) is 48.0 Å². The van der Waals surface area contributed by atoms with Gasteiger partial charge in [0.15, 0.2) is 0 Å². The van der Waals surface area contributed by atoms with Gasteiger partial charge >= 0.3 is 0 Å². The summed E-state index contributed by atoms with van der Waals surface area (Å²) in [7, 11) is 0. The Morgan fingerprint density at radius 1 is 1.04 bits per heavy atom. The third-order valence-corrected chi connectivity index (χ3v) is 4.65. The van der Waals surface area contributed by atoms with Crippen LogP contribution in [0.1, 0.15) is 23.6 Å². The molecule has 3 heteroatoms. The zero-order valence-corrected chi connectivity index (χ0v) is 14.1. The number of aryl methyl sites for hydroxylation is 2. The SMILES string of the molecule is Cc1ccc(N2CCN(Cc3ccccc3)C(C)C2=O)c(C)c1. The van der Waals surface area contributed by atoms with E-state index in [-0.39, 0.29) is 11.9 Å². The van der Waals surface area contributed by atoms with Crippen LogP contribution in [0.3, 0.4) is 0 Å². The molecule has 23 heavy (non-hydrogen) atoms. The summed E-state index contributed by atoms with van der Waals surface area (Å²) in [6.45, 7) is 8.65. The molecular formula is C20H24N2O. The van der Waals surface area contributed by atoms with Crippen LogP contribution in [0.25, 0.3) is 0 Å². The van der Waals surface area contributed by atoms with E-state index in [4.69, 9.17) is 0 Å². The molecule has 0 saturated carbocycles. The van der Waals surface area contributed by atoms with Crippen molar-refractivity contribution in [2.45, 2.75) is 33.4 Å². The topological polar surface area (TPSA) is 23.6 Å². The van der Waals surface area contributed by atoms with Crippen molar-refractivity contribution < 1.29 is 4.79 Å². The molecule has 0 bridgehead atoms. The van der Waals surface area contributed by atoms with E-state index < -0.39 is 0 Å². The number of benzene rings is 2. The summed E-state index contributed by atoms with van der Waals surface area (Å²) in [4.78, 5) is 17.1. The lowest BCUT2D eigenvalue weighted by atomic mass is 10.1. The molecule has 1 atom stereocenters. The molecule has 2 aromatic carbocycles. The summed E-state index contributed by atoms with van der Waals surface area (Å²) in [6.07, 6.45) is 0. The largest absolute Gasteiger partial charge is 0.310 e. The molecule has 1 fully saturated rings. The molecule has 1 heterocycles. The van der Waals surface area contributed by atoms with E-state index in [1.807, 2.05) is 30.0 Å². The second-order valence-electron chi connectivity index (χ2n) is 6.41. The minimum Gasteiger partial charge on any atom is -0.310 e. The van der Waals surface area contributed by atoms with Crippen LogP contribution in [-0.2, 0) is 11.3 Å². The van der Waals surface area contributed by atoms with Crippen LogP contribution in [0, 0.1) is 13.8 Å². The third-order valence-electron chi connectivity index (χ3n) is 4.65. The standard InChI is InChI=1S/C20H24N2O/c1-15-9-10-19(16(2)13-15)22-12-11-21(17(3)20(22)23)14-18-7-5-4-6-8-18/h4-10,13,17H,11-12,14H2,1-3H3. The Morgan fingerprint density at radius 3 is 2.48 bits per heavy atom. The van der Waals surface area contributed by atoms with Crippen molar-refractivity contribution in [1.82, 2.24) is 4.90 Å². The first-order valence-electron chi connectivity index (χ1n) is 8.23. The van der Waals surface area contributed by atoms with E-state index in [2.05, 4.69) is 49.1 Å². The van der Waals surface area contributed by atoms with Crippen molar-refractivity contribution in [2.24, 2.45) is 0 Å². The average molecular weight is 308 g/mol. The second kappa shape index (κ2) is 6.55. The molecule has 0 spiro atoms. The van der Waals surface area contributed by atoms with Gasteiger partial charge in [0.1, 0.15) is 0 Å². The fraction of sp³-hybridized carbons (Fsp3) is 0.350. The van der Waals surface area contributed by atoms with Gasteiger partial charge in [-0.15, -0.1) is 0 Å². The van der Waals surface area contributed by atoms with E-state index >= 15 is 0 Å². The molecule has 0 aliphatic carbocycles. The summed E-state index contributed by atoms with van der Waals surface area (Å²) in [5.74, 6) is 0.194. The molecule has 1 aliphatic heterocycles. The quantitative estimate of drug-likeness (QED) is 0.866. The number of anilines is 1. The van der Waals surface area contributed by atoms with Gasteiger partial charge in [0.05, 0.1) is 6.04 Å². The number of piperazine rings is 1. The number of rotatable bonds is 3. The lowest BCUT2D eigenvalue weighted by molar-refractivity contribution is -0.125. The zero-order chi connectivity index (χ0) is 16.4. The summed E-state index contributed by atoms with van der Waals surface area (Å²) in [6, 6.07) is 16.6. The van der Waals surface area contributed by atoms with Crippen molar-refractivity contribution in [3.8, 4) is 0 Å². The van der Waals surface area contributed by atoms with Crippen LogP contribution >= 0.6 is 0 Å². The highest BCUT2D eigenvalue weighted by Crippen LogP contribution is 2.25. The molecule has 0 N–H and O–H groups in total. The maximum absolute atomic E-state index is 12.8. The summed E-state index contributed by atoms with van der Waals surface area (Å²) in [5.41, 5.74) is 4.70. The molecule has 1 aliphatic rings. The fourth-order valence-electron chi connectivity index (χ4n) is 3.30. The first kappa shape index (κ1) is 15.8.